The second kappa shape index (κ2) is 7.18. The Kier molecular flexibility index (Phi) is 5.51. The number of hydrogen-bond donors (Lipinski definition) is 0. The topological polar surface area (TPSA) is 42.4 Å². The van der Waals surface area contributed by atoms with Gasteiger partial charge in [-0.15, -0.1) is 0 Å². The van der Waals surface area contributed by atoms with Gasteiger partial charge in [0.15, 0.2) is 0 Å². The molecule has 0 saturated heterocycles. The zero-order valence-corrected chi connectivity index (χ0v) is 13.6. The molecule has 2 rings (SSSR count). The van der Waals surface area contributed by atoms with E-state index < -0.39 is 0 Å². The van der Waals surface area contributed by atoms with Gasteiger partial charge in [0.05, 0.1) is 24.5 Å². The maximum atomic E-state index is 12.8. The third kappa shape index (κ3) is 4.50. The van der Waals surface area contributed by atoms with Crippen LogP contribution in [-0.4, -0.2) is 36.1 Å². The lowest BCUT2D eigenvalue weighted by atomic mass is 9.72. The van der Waals surface area contributed by atoms with Crippen molar-refractivity contribution in [3.8, 4) is 0 Å². The molecule has 0 N–H and O–H groups in total. The fourth-order valence-electron chi connectivity index (χ4n) is 3.03. The second-order valence-corrected chi connectivity index (χ2v) is 6.64. The molecule has 0 unspecified atom stereocenters. The monoisotopic (exact) mass is 308 g/mol. The van der Waals surface area contributed by atoms with Crippen LogP contribution in [0.2, 0.25) is 0 Å². The number of nitrogens with zero attached hydrogens (tertiary/aromatic N) is 2. The van der Waals surface area contributed by atoms with Crippen LogP contribution < -0.4 is 0 Å². The number of carbonyl (C=O) groups excluding carboxylic acids is 1. The molecule has 5 heteroatoms. The van der Waals surface area contributed by atoms with Crippen molar-refractivity contribution in [1.82, 2.24) is 9.88 Å². The highest BCUT2D eigenvalue weighted by molar-refractivity contribution is 5.76. The van der Waals surface area contributed by atoms with Crippen molar-refractivity contribution < 1.29 is 13.9 Å². The minimum Gasteiger partial charge on any atom is -0.381 e. The van der Waals surface area contributed by atoms with E-state index in [-0.39, 0.29) is 17.1 Å². The number of methoxy groups -OCH3 is 1. The lowest BCUT2D eigenvalue weighted by molar-refractivity contribution is -0.133. The Balaban J connectivity index is 1.87. The molecule has 22 heavy (non-hydrogen) atoms. The summed E-state index contributed by atoms with van der Waals surface area (Å²) in [6, 6.07) is 2.98. The second-order valence-electron chi connectivity index (χ2n) is 6.64. The number of amides is 1. The van der Waals surface area contributed by atoms with Crippen molar-refractivity contribution >= 4 is 5.91 Å². The standard InChI is InChI=1S/C17H25FN2O2/c1-17(8-6-15(22-3)7-9-17)10-16(21)20(2)12-14-5-4-13(18)11-19-14/h4-5,11,15H,6-10,12H2,1-3H3. The first-order valence-corrected chi connectivity index (χ1v) is 7.79. The highest BCUT2D eigenvalue weighted by Crippen LogP contribution is 2.40. The average Bonchev–Trinajstić information content (AvgIpc) is 2.50. The number of halogens is 1. The van der Waals surface area contributed by atoms with Crippen LogP contribution in [0.1, 0.15) is 44.7 Å². The van der Waals surface area contributed by atoms with Gasteiger partial charge in [-0.25, -0.2) is 4.39 Å². The van der Waals surface area contributed by atoms with Gasteiger partial charge in [-0.3, -0.25) is 9.78 Å². The van der Waals surface area contributed by atoms with Gasteiger partial charge in [0.2, 0.25) is 5.91 Å². The van der Waals surface area contributed by atoms with Crippen molar-refractivity contribution in [3.05, 3.63) is 29.8 Å². The van der Waals surface area contributed by atoms with Gasteiger partial charge in [0.1, 0.15) is 5.82 Å². The van der Waals surface area contributed by atoms with Gasteiger partial charge in [-0.2, -0.15) is 0 Å². The van der Waals surface area contributed by atoms with E-state index in [2.05, 4.69) is 11.9 Å². The summed E-state index contributed by atoms with van der Waals surface area (Å²) in [6.45, 7) is 2.59. The Hall–Kier alpha value is -1.49. The van der Waals surface area contributed by atoms with Gasteiger partial charge in [0, 0.05) is 20.6 Å². The molecule has 1 aliphatic carbocycles. The van der Waals surface area contributed by atoms with Gasteiger partial charge in [-0.05, 0) is 43.2 Å². The molecule has 1 amide bonds. The predicted octanol–water partition coefficient (Wildman–Crippen LogP) is 3.16. The predicted molar refractivity (Wildman–Crippen MR) is 82.7 cm³/mol. The molecule has 0 bridgehead atoms. The van der Waals surface area contributed by atoms with E-state index in [1.165, 1.54) is 12.3 Å². The van der Waals surface area contributed by atoms with Crippen LogP contribution in [0.3, 0.4) is 0 Å². The summed E-state index contributed by atoms with van der Waals surface area (Å²) >= 11 is 0. The smallest absolute Gasteiger partial charge is 0.223 e. The molecule has 0 radical (unpaired) electrons. The van der Waals surface area contributed by atoms with E-state index in [0.29, 0.717) is 24.8 Å². The van der Waals surface area contributed by atoms with Crippen LogP contribution in [0.15, 0.2) is 18.3 Å². The summed E-state index contributed by atoms with van der Waals surface area (Å²) in [4.78, 5) is 18.1. The van der Waals surface area contributed by atoms with Crippen molar-refractivity contribution in [2.45, 2.75) is 51.7 Å². The van der Waals surface area contributed by atoms with E-state index in [0.717, 1.165) is 25.7 Å². The molecule has 1 saturated carbocycles. The Morgan fingerprint density at radius 3 is 2.68 bits per heavy atom. The van der Waals surface area contributed by atoms with Crippen LogP contribution in [0.5, 0.6) is 0 Å². The van der Waals surface area contributed by atoms with E-state index in [9.17, 15) is 9.18 Å². The minimum atomic E-state index is -0.361. The third-order valence-electron chi connectivity index (χ3n) is 4.66. The van der Waals surface area contributed by atoms with Crippen molar-refractivity contribution in [3.63, 3.8) is 0 Å². The molecule has 1 heterocycles. The van der Waals surface area contributed by atoms with Crippen LogP contribution in [0.25, 0.3) is 0 Å². The average molecular weight is 308 g/mol. The molecule has 0 aliphatic heterocycles. The lowest BCUT2D eigenvalue weighted by Gasteiger charge is -2.37. The van der Waals surface area contributed by atoms with Crippen molar-refractivity contribution in [2.75, 3.05) is 14.2 Å². The largest absolute Gasteiger partial charge is 0.381 e. The maximum absolute atomic E-state index is 12.8. The van der Waals surface area contributed by atoms with Gasteiger partial charge >= 0.3 is 0 Å². The molecule has 1 aromatic rings. The summed E-state index contributed by atoms with van der Waals surface area (Å²) in [6.07, 6.45) is 6.12. The molecular weight excluding hydrogens is 283 g/mol. The molecule has 1 fully saturated rings. The summed E-state index contributed by atoms with van der Waals surface area (Å²) in [5.41, 5.74) is 0.752. The number of pyridine rings is 1. The van der Waals surface area contributed by atoms with E-state index in [1.54, 1.807) is 25.1 Å². The lowest BCUT2D eigenvalue weighted by Crippen LogP contribution is -2.35. The van der Waals surface area contributed by atoms with Gasteiger partial charge in [0.25, 0.3) is 0 Å². The fourth-order valence-corrected chi connectivity index (χ4v) is 3.03. The Morgan fingerprint density at radius 1 is 1.45 bits per heavy atom. The molecule has 1 aromatic heterocycles. The summed E-state index contributed by atoms with van der Waals surface area (Å²) in [5.74, 6) is -0.246. The number of hydrogen-bond acceptors (Lipinski definition) is 3. The first kappa shape index (κ1) is 16.9. The molecule has 0 aromatic carbocycles. The molecule has 1 aliphatic rings. The summed E-state index contributed by atoms with van der Waals surface area (Å²) in [5, 5.41) is 0. The molecule has 4 nitrogen and oxygen atoms in total. The number of ether oxygens (including phenoxy) is 1. The number of rotatable bonds is 5. The van der Waals surface area contributed by atoms with Crippen LogP contribution >= 0.6 is 0 Å². The highest BCUT2D eigenvalue weighted by atomic mass is 19.1. The van der Waals surface area contributed by atoms with E-state index in [4.69, 9.17) is 4.74 Å². The zero-order valence-electron chi connectivity index (χ0n) is 13.6. The van der Waals surface area contributed by atoms with E-state index >= 15 is 0 Å². The summed E-state index contributed by atoms with van der Waals surface area (Å²) in [7, 11) is 3.53. The summed E-state index contributed by atoms with van der Waals surface area (Å²) < 4.78 is 18.2. The molecular formula is C17H25FN2O2. The third-order valence-corrected chi connectivity index (χ3v) is 4.66. The maximum Gasteiger partial charge on any atom is 0.223 e. The first-order chi connectivity index (χ1) is 10.4. The highest BCUT2D eigenvalue weighted by Gasteiger charge is 2.33. The van der Waals surface area contributed by atoms with Crippen molar-refractivity contribution in [1.29, 1.82) is 0 Å². The van der Waals surface area contributed by atoms with Crippen molar-refractivity contribution in [2.24, 2.45) is 5.41 Å². The molecule has 0 spiro atoms. The van der Waals surface area contributed by atoms with Gasteiger partial charge in [-0.1, -0.05) is 6.92 Å². The van der Waals surface area contributed by atoms with Crippen LogP contribution in [-0.2, 0) is 16.1 Å². The van der Waals surface area contributed by atoms with Gasteiger partial charge < -0.3 is 9.64 Å². The number of carbonyl (C=O) groups is 1. The van der Waals surface area contributed by atoms with E-state index in [1.807, 2.05) is 0 Å². The first-order valence-electron chi connectivity index (χ1n) is 7.79. The Morgan fingerprint density at radius 2 is 2.14 bits per heavy atom. The quantitative estimate of drug-likeness (QED) is 0.839. The minimum absolute atomic E-state index is 0.0522. The Labute approximate surface area is 131 Å². The Bertz CT molecular complexity index is 496. The molecule has 0 atom stereocenters. The molecule has 122 valence electrons. The normalized spacial score (nSPS) is 25.0. The number of aromatic nitrogens is 1. The fraction of sp³-hybridized carbons (Fsp3) is 0.647. The van der Waals surface area contributed by atoms with Crippen LogP contribution in [0, 0.1) is 11.2 Å². The zero-order chi connectivity index (χ0) is 16.2. The van der Waals surface area contributed by atoms with Crippen LogP contribution in [0.4, 0.5) is 4.39 Å². The SMILES string of the molecule is COC1CCC(C)(CC(=O)N(C)Cc2ccc(F)cn2)CC1.